The Balaban J connectivity index is 1.76. The summed E-state index contributed by atoms with van der Waals surface area (Å²) in [5, 5.41) is 16.1. The van der Waals surface area contributed by atoms with Gasteiger partial charge in [0.25, 0.3) is 5.91 Å². The van der Waals surface area contributed by atoms with Crippen molar-refractivity contribution in [2.75, 3.05) is 0 Å². The van der Waals surface area contributed by atoms with E-state index in [-0.39, 0.29) is 46.8 Å². The van der Waals surface area contributed by atoms with E-state index in [1.54, 1.807) is 0 Å². The van der Waals surface area contributed by atoms with Gasteiger partial charge in [-0.05, 0) is 64.5 Å². The minimum atomic E-state index is -5.01. The molecule has 1 aromatic carbocycles. The average molecular weight is 619 g/mol. The number of carboxylic acids is 1. The molecule has 2 saturated carbocycles. The molecule has 1 amide bonds. The maximum atomic E-state index is 14.2. The Labute approximate surface area is 241 Å². The van der Waals surface area contributed by atoms with Gasteiger partial charge in [-0.3, -0.25) is 14.3 Å². The molecule has 0 aliphatic heterocycles. The fourth-order valence-electron chi connectivity index (χ4n) is 5.39. The van der Waals surface area contributed by atoms with Crippen LogP contribution in [0.15, 0.2) is 23.1 Å². The van der Waals surface area contributed by atoms with E-state index in [0.717, 1.165) is 44.2 Å². The number of benzene rings is 1. The van der Waals surface area contributed by atoms with E-state index in [0.29, 0.717) is 6.54 Å². The van der Waals surface area contributed by atoms with Crippen molar-refractivity contribution in [1.29, 1.82) is 0 Å². The van der Waals surface area contributed by atoms with Crippen molar-refractivity contribution >= 4 is 33.5 Å². The third-order valence-corrected chi connectivity index (χ3v) is 9.55. The minimum Gasteiger partial charge on any atom is -0.481 e. The first-order valence-electron chi connectivity index (χ1n) is 13.5. The van der Waals surface area contributed by atoms with Crippen molar-refractivity contribution in [3.63, 3.8) is 0 Å². The van der Waals surface area contributed by atoms with Crippen LogP contribution in [-0.4, -0.2) is 46.8 Å². The number of amides is 1. The number of hydrogen-bond acceptors (Lipinski definition) is 5. The van der Waals surface area contributed by atoms with E-state index in [9.17, 15) is 31.2 Å². The van der Waals surface area contributed by atoms with E-state index < -0.39 is 50.0 Å². The summed E-state index contributed by atoms with van der Waals surface area (Å²) in [7, 11) is -4.53. The molecule has 0 spiro atoms. The Hall–Kier alpha value is -2.64. The normalized spacial score (nSPS) is 20.5. The van der Waals surface area contributed by atoms with Crippen LogP contribution >= 0.6 is 11.6 Å². The van der Waals surface area contributed by atoms with E-state index in [1.807, 2.05) is 0 Å². The van der Waals surface area contributed by atoms with Crippen molar-refractivity contribution in [2.45, 2.75) is 94.9 Å². The van der Waals surface area contributed by atoms with Crippen LogP contribution in [-0.2, 0) is 27.5 Å². The Morgan fingerprint density at radius 2 is 1.76 bits per heavy atom. The van der Waals surface area contributed by atoms with Crippen molar-refractivity contribution in [3.05, 3.63) is 34.5 Å². The molecule has 9 nitrogen and oxygen atoms in total. The number of aliphatic carboxylic acids is 1. The molecule has 226 valence electrons. The van der Waals surface area contributed by atoms with Gasteiger partial charge in [0.2, 0.25) is 10.0 Å². The fourth-order valence-corrected chi connectivity index (χ4v) is 7.35. The minimum absolute atomic E-state index is 0.0334. The number of carboxylic acid groups (broad SMARTS) is 1. The lowest BCUT2D eigenvalue weighted by Crippen LogP contribution is -2.46. The number of carbonyl (C=O) groups is 2. The zero-order valence-electron chi connectivity index (χ0n) is 23.0. The van der Waals surface area contributed by atoms with Crippen molar-refractivity contribution < 1.29 is 36.3 Å². The van der Waals surface area contributed by atoms with Crippen LogP contribution in [0.2, 0.25) is 5.02 Å². The lowest BCUT2D eigenvalue weighted by atomic mass is 9.80. The molecule has 2 fully saturated rings. The third-order valence-electron chi connectivity index (χ3n) is 7.38. The van der Waals surface area contributed by atoms with Crippen molar-refractivity contribution in [3.8, 4) is 11.3 Å². The quantitative estimate of drug-likeness (QED) is 0.360. The molecule has 3 N–H and O–H groups in total. The van der Waals surface area contributed by atoms with E-state index in [2.05, 4.69) is 15.1 Å². The molecular formula is C27H34ClF3N4O5S. The van der Waals surface area contributed by atoms with Crippen LogP contribution in [0.1, 0.15) is 81.8 Å². The number of sulfonamides is 1. The molecule has 2 aliphatic rings. The van der Waals surface area contributed by atoms with Crippen LogP contribution in [0, 0.1) is 11.8 Å². The number of halogens is 4. The molecule has 2 aliphatic carbocycles. The van der Waals surface area contributed by atoms with Crippen LogP contribution < -0.4 is 10.0 Å². The van der Waals surface area contributed by atoms with Gasteiger partial charge >= 0.3 is 12.1 Å². The van der Waals surface area contributed by atoms with E-state index in [1.165, 1.54) is 31.5 Å². The number of carbonyl (C=O) groups excluding carboxylic acids is 1. The summed E-state index contributed by atoms with van der Waals surface area (Å²) in [5.74, 6) is -1.98. The second kappa shape index (κ2) is 11.6. The molecular weight excluding hydrogens is 585 g/mol. The highest BCUT2D eigenvalue weighted by molar-refractivity contribution is 7.89. The Morgan fingerprint density at radius 3 is 2.32 bits per heavy atom. The second-order valence-electron chi connectivity index (χ2n) is 11.9. The summed E-state index contributed by atoms with van der Waals surface area (Å²) >= 11 is 6.63. The zero-order valence-corrected chi connectivity index (χ0v) is 24.6. The zero-order chi connectivity index (χ0) is 30.3. The smallest absolute Gasteiger partial charge is 0.417 e. The van der Waals surface area contributed by atoms with Gasteiger partial charge in [-0.25, -0.2) is 13.1 Å². The van der Waals surface area contributed by atoms with Gasteiger partial charge in [-0.2, -0.15) is 18.3 Å². The maximum Gasteiger partial charge on any atom is 0.417 e. The first-order chi connectivity index (χ1) is 19.0. The molecule has 14 heteroatoms. The van der Waals surface area contributed by atoms with Gasteiger partial charge in [0.1, 0.15) is 0 Å². The summed E-state index contributed by atoms with van der Waals surface area (Å²) in [6.07, 6.45) is 0.359. The van der Waals surface area contributed by atoms with Gasteiger partial charge in [0, 0.05) is 23.7 Å². The number of rotatable bonds is 8. The summed E-state index contributed by atoms with van der Waals surface area (Å²) in [6.45, 7) is 4.88. The number of nitrogens with zero attached hydrogens (tertiary/aromatic N) is 2. The first kappa shape index (κ1) is 31.3. The SMILES string of the molecule is CC(C)(C)NS(=O)(=O)c1ccc(-c2c(Cl)c(C(=O)NC3CC(C(=O)O)C3)nn2CC2CCCCC2)cc1C(F)(F)F. The molecule has 2 aromatic rings. The van der Waals surface area contributed by atoms with Crippen LogP contribution in [0.5, 0.6) is 0 Å². The number of alkyl halides is 3. The van der Waals surface area contributed by atoms with Crippen LogP contribution in [0.25, 0.3) is 11.3 Å². The fraction of sp³-hybridized carbons (Fsp3) is 0.593. The summed E-state index contributed by atoms with van der Waals surface area (Å²) in [5.41, 5.74) is -2.52. The molecule has 1 heterocycles. The standard InChI is InChI=1S/C27H34ClF3N4O5S/c1-26(2,3)34-41(39,40)20-10-9-16(13-19(20)27(29,30)31)23-21(28)22(24(36)32-18-11-17(12-18)25(37)38)33-35(23)14-15-7-5-4-6-8-15/h9-10,13,15,17-18,34H,4-8,11-12,14H2,1-3H3,(H,32,36)(H,37,38). The first-order valence-corrected chi connectivity index (χ1v) is 15.4. The molecule has 0 saturated heterocycles. The molecule has 0 unspecified atom stereocenters. The molecule has 0 radical (unpaired) electrons. The molecule has 41 heavy (non-hydrogen) atoms. The van der Waals surface area contributed by atoms with Gasteiger partial charge in [0.05, 0.1) is 27.1 Å². The lowest BCUT2D eigenvalue weighted by Gasteiger charge is -2.32. The highest BCUT2D eigenvalue weighted by Crippen LogP contribution is 2.40. The van der Waals surface area contributed by atoms with E-state index in [4.69, 9.17) is 16.7 Å². The molecule has 0 bridgehead atoms. The molecule has 0 atom stereocenters. The number of hydrogen-bond donors (Lipinski definition) is 3. The Kier molecular flexibility index (Phi) is 8.83. The summed E-state index contributed by atoms with van der Waals surface area (Å²) < 4.78 is 72.2. The predicted octanol–water partition coefficient (Wildman–Crippen LogP) is 5.47. The van der Waals surface area contributed by atoms with Gasteiger partial charge in [-0.15, -0.1) is 0 Å². The van der Waals surface area contributed by atoms with Crippen molar-refractivity contribution in [1.82, 2.24) is 19.8 Å². The monoisotopic (exact) mass is 618 g/mol. The van der Waals surface area contributed by atoms with Gasteiger partial charge < -0.3 is 10.4 Å². The largest absolute Gasteiger partial charge is 0.481 e. The summed E-state index contributed by atoms with van der Waals surface area (Å²) in [4.78, 5) is 23.3. The predicted molar refractivity (Wildman–Crippen MR) is 146 cm³/mol. The van der Waals surface area contributed by atoms with E-state index >= 15 is 0 Å². The topological polar surface area (TPSA) is 130 Å². The Bertz CT molecular complexity index is 1420. The van der Waals surface area contributed by atoms with Gasteiger partial charge in [-0.1, -0.05) is 36.9 Å². The lowest BCUT2D eigenvalue weighted by molar-refractivity contribution is -0.145. The molecule has 1 aromatic heterocycles. The van der Waals surface area contributed by atoms with Crippen molar-refractivity contribution in [2.24, 2.45) is 11.8 Å². The summed E-state index contributed by atoms with van der Waals surface area (Å²) in [6, 6.07) is 2.46. The third kappa shape index (κ3) is 7.23. The van der Waals surface area contributed by atoms with Gasteiger partial charge in [0.15, 0.2) is 5.69 Å². The van der Waals surface area contributed by atoms with Crippen LogP contribution in [0.4, 0.5) is 13.2 Å². The Morgan fingerprint density at radius 1 is 1.12 bits per heavy atom. The maximum absolute atomic E-state index is 14.2. The second-order valence-corrected chi connectivity index (χ2v) is 14.0. The number of aromatic nitrogens is 2. The average Bonchev–Trinajstić information content (AvgIpc) is 3.14. The highest BCUT2D eigenvalue weighted by Gasteiger charge is 2.40. The molecule has 4 rings (SSSR count). The number of nitrogens with one attached hydrogen (secondary N) is 2. The highest BCUT2D eigenvalue weighted by atomic mass is 35.5. The van der Waals surface area contributed by atoms with Crippen LogP contribution in [0.3, 0.4) is 0 Å².